The number of aromatic amines is 2. The second-order valence-electron chi connectivity index (χ2n) is 23.0. The molecular formula is C74H70N4O2. The highest BCUT2D eigenvalue weighted by Crippen LogP contribution is 2.47. The maximum atomic E-state index is 13.5. The van der Waals surface area contributed by atoms with Crippen molar-refractivity contribution >= 4 is 99.0 Å². The summed E-state index contributed by atoms with van der Waals surface area (Å²) >= 11 is 0. The van der Waals surface area contributed by atoms with Crippen molar-refractivity contribution in [3.63, 3.8) is 0 Å². The van der Waals surface area contributed by atoms with Gasteiger partial charge in [-0.2, -0.15) is 0 Å². The summed E-state index contributed by atoms with van der Waals surface area (Å²) in [5.74, 6) is -0.0197. The molecule has 6 nitrogen and oxygen atoms in total. The van der Waals surface area contributed by atoms with Gasteiger partial charge in [0.2, 0.25) is 0 Å². The fourth-order valence-corrected chi connectivity index (χ4v) is 14.1. The zero-order valence-corrected chi connectivity index (χ0v) is 47.7. The van der Waals surface area contributed by atoms with Crippen LogP contribution in [0.15, 0.2) is 132 Å². The molecule has 18 bridgehead atoms. The summed E-state index contributed by atoms with van der Waals surface area (Å²) < 4.78 is 0. The van der Waals surface area contributed by atoms with E-state index in [0.717, 1.165) is 131 Å². The number of aryl methyl sites for hydroxylation is 6. The summed E-state index contributed by atoms with van der Waals surface area (Å²) in [4.78, 5) is 46.9. The molecule has 398 valence electrons. The molecule has 2 N–H and O–H groups in total. The van der Waals surface area contributed by atoms with Crippen LogP contribution in [-0.4, -0.2) is 31.5 Å². The van der Waals surface area contributed by atoms with Crippen LogP contribution in [-0.2, 0) is 35.3 Å². The van der Waals surface area contributed by atoms with Gasteiger partial charge in [0.1, 0.15) is 0 Å². The minimum atomic E-state index is -0.00984. The third kappa shape index (κ3) is 8.61. The Kier molecular flexibility index (Phi) is 13.1. The molecule has 7 aliphatic rings. The molecule has 0 fully saturated rings. The van der Waals surface area contributed by atoms with E-state index in [1.54, 1.807) is 12.2 Å². The number of rotatable bonds is 4. The lowest BCUT2D eigenvalue weighted by molar-refractivity contribution is -0.115. The van der Waals surface area contributed by atoms with Crippen molar-refractivity contribution in [3.8, 4) is 22.3 Å². The van der Waals surface area contributed by atoms with Gasteiger partial charge in [-0.3, -0.25) is 9.59 Å². The lowest BCUT2D eigenvalue weighted by Crippen LogP contribution is -2.13. The minimum absolute atomic E-state index is 0.00984. The monoisotopic (exact) mass is 1050 g/mol. The van der Waals surface area contributed by atoms with E-state index in [2.05, 4.69) is 175 Å². The maximum Gasteiger partial charge on any atom is 0.182 e. The molecule has 0 spiro atoms. The largest absolute Gasteiger partial charge is 0.354 e. The highest BCUT2D eigenvalue weighted by atomic mass is 16.1. The van der Waals surface area contributed by atoms with Crippen LogP contribution in [0.1, 0.15) is 149 Å². The third-order valence-electron chi connectivity index (χ3n) is 18.4. The van der Waals surface area contributed by atoms with E-state index in [1.807, 2.05) is 0 Å². The standard InChI is InChI=1S/C74H70N4O2/c1-9-55-41(5)71-69-59-25-17-23-49-33-47-29-27-45(31-53(47)35-61(49)59)19-13-15-21-51-37-68(80)52(38-67(51)79)22-16-14-20-46-28-30-48-34-50-24-18-26-60(62(50)36-54(48)32-46)70(73-42(6)56(10-2)64(76-73)39-63(55)75-71)74-44(8)58(12-4)66(78-74)40-65-57(11-3)43(7)72(69)77-65/h17-18,23-40,75,78H,9-16,19-22H2,1-8H3. The Morgan fingerprint density at radius 3 is 1.27 bits per heavy atom. The third-order valence-corrected chi connectivity index (χ3v) is 18.4. The predicted molar refractivity (Wildman–Crippen MR) is 337 cm³/mol. The van der Waals surface area contributed by atoms with Crippen LogP contribution in [0.3, 0.4) is 0 Å². The van der Waals surface area contributed by atoms with Crippen LogP contribution in [0.2, 0.25) is 0 Å². The lowest BCUT2D eigenvalue weighted by atomic mass is 9.90. The molecule has 0 radical (unpaired) electrons. The fraction of sp³-hybridized carbons (Fsp3) is 0.270. The number of aromatic nitrogens is 4. The van der Waals surface area contributed by atoms with Gasteiger partial charge in [0.25, 0.3) is 0 Å². The first-order valence-electron chi connectivity index (χ1n) is 29.5. The van der Waals surface area contributed by atoms with E-state index in [9.17, 15) is 9.59 Å². The van der Waals surface area contributed by atoms with Gasteiger partial charge in [0.05, 0.1) is 33.8 Å². The van der Waals surface area contributed by atoms with Gasteiger partial charge in [-0.25, -0.2) is 9.97 Å². The summed E-state index contributed by atoms with van der Waals surface area (Å²) in [5, 5.41) is 9.51. The first kappa shape index (κ1) is 51.2. The predicted octanol–water partition coefficient (Wildman–Crippen LogP) is 19.1. The molecule has 9 heterocycles. The van der Waals surface area contributed by atoms with Crippen molar-refractivity contribution in [1.29, 1.82) is 0 Å². The first-order chi connectivity index (χ1) is 38.9. The summed E-state index contributed by atoms with van der Waals surface area (Å²) in [6.45, 7) is 18.2. The number of allylic oxidation sites excluding steroid dienone is 8. The van der Waals surface area contributed by atoms with Crippen LogP contribution in [0.5, 0.6) is 0 Å². The SMILES string of the molecule is CCC1=C(C)c2nc1cc1[nH]c(c(C)c1CC)c1c3nc(cc4[nH]c(c(C)c4CC)c2-c2cccc4cc5ccc(cc5cc24)CCCCC2=CC(=O)C(=CC2=O)CCCCc2ccc4cc5cccc-1c5cc4c2)C(CC)=C3C. The number of hydrogen-bond acceptors (Lipinski definition) is 4. The van der Waals surface area contributed by atoms with Gasteiger partial charge < -0.3 is 9.97 Å². The highest BCUT2D eigenvalue weighted by Gasteiger charge is 2.28. The van der Waals surface area contributed by atoms with Crippen molar-refractivity contribution in [3.05, 3.63) is 189 Å². The van der Waals surface area contributed by atoms with E-state index < -0.39 is 0 Å². The molecular weight excluding hydrogens is 977 g/mol. The summed E-state index contributed by atoms with van der Waals surface area (Å²) in [6.07, 6.45) is 13.1. The van der Waals surface area contributed by atoms with Crippen molar-refractivity contribution in [2.45, 2.75) is 132 Å². The molecule has 0 atom stereocenters. The van der Waals surface area contributed by atoms with Gasteiger partial charge in [-0.1, -0.05) is 100 Å². The van der Waals surface area contributed by atoms with Crippen LogP contribution < -0.4 is 0 Å². The number of benzene rings is 6. The van der Waals surface area contributed by atoms with Gasteiger partial charge in [0, 0.05) is 33.3 Å². The average Bonchev–Trinajstić information content (AvgIpc) is 4.17. The van der Waals surface area contributed by atoms with Crippen LogP contribution in [0, 0.1) is 13.8 Å². The maximum absolute atomic E-state index is 13.5. The molecule has 1 aliphatic carbocycles. The van der Waals surface area contributed by atoms with Crippen molar-refractivity contribution in [1.82, 2.24) is 19.9 Å². The van der Waals surface area contributed by atoms with Crippen LogP contribution in [0.4, 0.5) is 0 Å². The van der Waals surface area contributed by atoms with Gasteiger partial charge in [-0.15, -0.1) is 0 Å². The summed E-state index contributed by atoms with van der Waals surface area (Å²) in [7, 11) is 0. The topological polar surface area (TPSA) is 91.5 Å². The quantitative estimate of drug-likeness (QED) is 0.136. The van der Waals surface area contributed by atoms with E-state index in [0.29, 0.717) is 24.0 Å². The van der Waals surface area contributed by atoms with E-state index in [1.165, 1.54) is 98.8 Å². The van der Waals surface area contributed by atoms with Gasteiger partial charge in [0.15, 0.2) is 11.6 Å². The number of hydrogen-bond donors (Lipinski definition) is 2. The molecule has 6 aromatic carbocycles. The normalized spacial score (nSPS) is 15.4. The smallest absolute Gasteiger partial charge is 0.182 e. The zero-order valence-electron chi connectivity index (χ0n) is 47.7. The Morgan fingerprint density at radius 1 is 0.438 bits per heavy atom. The zero-order chi connectivity index (χ0) is 55.1. The molecule has 80 heavy (non-hydrogen) atoms. The average molecular weight is 1050 g/mol. The Balaban J connectivity index is 1.13. The summed E-state index contributed by atoms with van der Waals surface area (Å²) in [5.41, 5.74) is 26.6. The Labute approximate surface area is 469 Å². The molecule has 0 saturated heterocycles. The molecule has 6 heteroatoms. The number of nitrogens with one attached hydrogen (secondary N) is 2. The number of carbonyl (C=O) groups is 2. The van der Waals surface area contributed by atoms with Crippen LogP contribution >= 0.6 is 0 Å². The molecule has 16 rings (SSSR count). The van der Waals surface area contributed by atoms with Crippen molar-refractivity contribution in [2.75, 3.05) is 0 Å². The van der Waals surface area contributed by atoms with E-state index in [-0.39, 0.29) is 11.6 Å². The molecule has 0 amide bonds. The van der Waals surface area contributed by atoms with Crippen molar-refractivity contribution < 1.29 is 9.59 Å². The van der Waals surface area contributed by atoms with Gasteiger partial charge in [-0.05, 0) is 263 Å². The second kappa shape index (κ2) is 20.5. The molecule has 0 saturated carbocycles. The Hall–Kier alpha value is -8.22. The van der Waals surface area contributed by atoms with E-state index >= 15 is 0 Å². The van der Waals surface area contributed by atoms with Gasteiger partial charge >= 0.3 is 0 Å². The van der Waals surface area contributed by atoms with Crippen LogP contribution in [0.25, 0.3) is 110 Å². The first-order valence-corrected chi connectivity index (χ1v) is 29.5. The van der Waals surface area contributed by atoms with Crippen molar-refractivity contribution in [2.24, 2.45) is 0 Å². The minimum Gasteiger partial charge on any atom is -0.354 e. The Morgan fingerprint density at radius 2 is 0.863 bits per heavy atom. The fourth-order valence-electron chi connectivity index (χ4n) is 14.1. The Bertz CT molecular complexity index is 4200. The molecule has 3 aromatic heterocycles. The molecule has 6 aliphatic heterocycles. The van der Waals surface area contributed by atoms with E-state index in [4.69, 9.17) is 9.97 Å². The molecule has 0 unspecified atom stereocenters. The number of ketones is 2. The number of nitrogens with zero attached hydrogens (tertiary/aromatic N) is 2. The number of carbonyl (C=O) groups excluding carboxylic acids is 2. The second-order valence-corrected chi connectivity index (χ2v) is 23.0. The molecule has 9 aromatic rings. The lowest BCUT2D eigenvalue weighted by Gasteiger charge is -2.14. The summed E-state index contributed by atoms with van der Waals surface area (Å²) in [6, 6.07) is 41.4. The highest BCUT2D eigenvalue weighted by molar-refractivity contribution is 6.20. The number of H-pyrrole nitrogens is 2.